The predicted molar refractivity (Wildman–Crippen MR) is 96.3 cm³/mol. The number of carbonyl (C=O) groups excluding carboxylic acids is 1. The fourth-order valence-corrected chi connectivity index (χ4v) is 3.25. The summed E-state index contributed by atoms with van der Waals surface area (Å²) in [5.41, 5.74) is 2.07. The first kappa shape index (κ1) is 16.3. The largest absolute Gasteiger partial charge is 0.347 e. The van der Waals surface area contributed by atoms with Crippen molar-refractivity contribution in [3.05, 3.63) is 71.5 Å². The van der Waals surface area contributed by atoms with Gasteiger partial charge in [0.2, 0.25) is 11.9 Å². The molecule has 0 saturated heterocycles. The number of nitrogens with one attached hydrogen (secondary N) is 2. The van der Waals surface area contributed by atoms with Crippen LogP contribution in [0.4, 0.5) is 16.3 Å². The van der Waals surface area contributed by atoms with E-state index in [4.69, 9.17) is 0 Å². The molecule has 2 atom stereocenters. The average Bonchev–Trinajstić information content (AvgIpc) is 3.04. The van der Waals surface area contributed by atoms with Gasteiger partial charge in [-0.3, -0.25) is 10.1 Å². The second-order valence-electron chi connectivity index (χ2n) is 6.30. The zero-order chi connectivity index (χ0) is 18.1. The normalized spacial score (nSPS) is 18.7. The van der Waals surface area contributed by atoms with E-state index < -0.39 is 0 Å². The van der Waals surface area contributed by atoms with E-state index in [9.17, 15) is 9.18 Å². The number of fused-ring (bicyclic) bond motifs is 1. The third kappa shape index (κ3) is 3.15. The highest BCUT2D eigenvalue weighted by molar-refractivity contribution is 5.86. The van der Waals surface area contributed by atoms with Crippen LogP contribution in [0.25, 0.3) is 0 Å². The molecular formula is C19H18FN5O. The lowest BCUT2D eigenvalue weighted by Crippen LogP contribution is -2.28. The van der Waals surface area contributed by atoms with Crippen molar-refractivity contribution < 1.29 is 9.18 Å². The summed E-state index contributed by atoms with van der Waals surface area (Å²) in [7, 11) is 0. The molecule has 0 fully saturated rings. The molecule has 0 radical (unpaired) electrons. The lowest BCUT2D eigenvalue weighted by Gasteiger charge is -2.31. The first-order valence-corrected chi connectivity index (χ1v) is 8.41. The Morgan fingerprint density at radius 1 is 1.15 bits per heavy atom. The van der Waals surface area contributed by atoms with Crippen LogP contribution in [-0.2, 0) is 4.79 Å². The van der Waals surface area contributed by atoms with Gasteiger partial charge in [0.25, 0.3) is 5.95 Å². The van der Waals surface area contributed by atoms with E-state index in [1.54, 1.807) is 16.8 Å². The van der Waals surface area contributed by atoms with Crippen molar-refractivity contribution in [3.8, 4) is 0 Å². The zero-order valence-electron chi connectivity index (χ0n) is 14.2. The van der Waals surface area contributed by atoms with Gasteiger partial charge in [0, 0.05) is 6.92 Å². The number of hydrogen-bond acceptors (Lipinski definition) is 4. The molecule has 0 bridgehead atoms. The minimum absolute atomic E-state index is 0.0353. The highest BCUT2D eigenvalue weighted by Crippen LogP contribution is 2.38. The molecule has 2 heterocycles. The average molecular weight is 351 g/mol. The summed E-state index contributed by atoms with van der Waals surface area (Å²) >= 11 is 0. The van der Waals surface area contributed by atoms with Crippen molar-refractivity contribution in [2.24, 2.45) is 0 Å². The molecule has 6 nitrogen and oxygen atoms in total. The number of rotatable bonds is 3. The van der Waals surface area contributed by atoms with Gasteiger partial charge >= 0.3 is 0 Å². The quantitative estimate of drug-likeness (QED) is 0.757. The van der Waals surface area contributed by atoms with Gasteiger partial charge in [-0.2, -0.15) is 4.98 Å². The predicted octanol–water partition coefficient (Wildman–Crippen LogP) is 3.52. The Morgan fingerprint density at radius 2 is 1.88 bits per heavy atom. The number of aromatic nitrogens is 3. The second-order valence-corrected chi connectivity index (χ2v) is 6.30. The van der Waals surface area contributed by atoms with Gasteiger partial charge in [0.15, 0.2) is 0 Å². The highest BCUT2D eigenvalue weighted by atomic mass is 19.1. The Morgan fingerprint density at radius 3 is 2.58 bits per heavy atom. The monoisotopic (exact) mass is 351 g/mol. The summed E-state index contributed by atoms with van der Waals surface area (Å²) in [6.07, 6.45) is 0.728. The second kappa shape index (κ2) is 6.59. The van der Waals surface area contributed by atoms with Crippen LogP contribution in [0.3, 0.4) is 0 Å². The maximum atomic E-state index is 13.3. The Labute approximate surface area is 150 Å². The molecular weight excluding hydrogens is 333 g/mol. The first-order valence-electron chi connectivity index (χ1n) is 8.41. The van der Waals surface area contributed by atoms with Gasteiger partial charge < -0.3 is 5.32 Å². The number of nitrogens with zero attached hydrogens (tertiary/aromatic N) is 3. The first-order chi connectivity index (χ1) is 12.6. The van der Waals surface area contributed by atoms with Crippen LogP contribution in [0, 0.1) is 5.82 Å². The third-order valence-corrected chi connectivity index (χ3v) is 4.43. The molecule has 1 amide bonds. The number of benzene rings is 2. The van der Waals surface area contributed by atoms with Crippen molar-refractivity contribution in [1.29, 1.82) is 0 Å². The topological polar surface area (TPSA) is 71.8 Å². The highest BCUT2D eigenvalue weighted by Gasteiger charge is 2.31. The fourth-order valence-electron chi connectivity index (χ4n) is 3.25. The summed E-state index contributed by atoms with van der Waals surface area (Å²) in [4.78, 5) is 15.7. The molecule has 2 N–H and O–H groups in total. The standard InChI is InChI=1S/C19H18FN5O/c1-12(26)21-18-23-19-22-16(13-5-3-2-4-6-13)11-17(25(19)24-18)14-7-9-15(20)10-8-14/h2-10,16-17H,11H2,1H3,(H2,21,22,23,24,26)/t16-,17+/m1/s1. The van der Waals surface area contributed by atoms with E-state index in [1.165, 1.54) is 19.1 Å². The molecule has 0 aliphatic carbocycles. The van der Waals surface area contributed by atoms with Crippen molar-refractivity contribution in [1.82, 2.24) is 14.8 Å². The molecule has 1 aliphatic heterocycles. The minimum atomic E-state index is -0.278. The SMILES string of the molecule is CC(=O)Nc1nc2n(n1)[C@H](c1ccc(F)cc1)C[C@H](c1ccccc1)N2. The van der Waals surface area contributed by atoms with Crippen LogP contribution in [0.15, 0.2) is 54.6 Å². The van der Waals surface area contributed by atoms with Gasteiger partial charge in [-0.15, -0.1) is 5.10 Å². The van der Waals surface area contributed by atoms with Crippen LogP contribution in [-0.4, -0.2) is 20.7 Å². The van der Waals surface area contributed by atoms with E-state index in [2.05, 4.69) is 32.8 Å². The van der Waals surface area contributed by atoms with Crippen molar-refractivity contribution in [2.45, 2.75) is 25.4 Å². The maximum absolute atomic E-state index is 13.3. The van der Waals surface area contributed by atoms with E-state index in [0.29, 0.717) is 5.95 Å². The molecule has 132 valence electrons. The van der Waals surface area contributed by atoms with Crippen LogP contribution in [0.2, 0.25) is 0 Å². The molecule has 0 saturated carbocycles. The Balaban J connectivity index is 1.75. The van der Waals surface area contributed by atoms with Gasteiger partial charge in [-0.25, -0.2) is 9.07 Å². The van der Waals surface area contributed by atoms with Crippen LogP contribution in [0.5, 0.6) is 0 Å². The summed E-state index contributed by atoms with van der Waals surface area (Å²) in [5.74, 6) is 0.315. The molecule has 0 unspecified atom stereocenters. The molecule has 4 rings (SSSR count). The van der Waals surface area contributed by atoms with Crippen LogP contribution >= 0.6 is 0 Å². The number of anilines is 2. The smallest absolute Gasteiger partial charge is 0.250 e. The molecule has 2 aromatic carbocycles. The summed E-state index contributed by atoms with van der Waals surface area (Å²) in [6.45, 7) is 1.41. The minimum Gasteiger partial charge on any atom is -0.347 e. The third-order valence-electron chi connectivity index (χ3n) is 4.43. The van der Waals surface area contributed by atoms with Crippen molar-refractivity contribution >= 4 is 17.8 Å². The number of carbonyl (C=O) groups is 1. The fraction of sp³-hybridized carbons (Fsp3) is 0.211. The Hall–Kier alpha value is -3.22. The number of hydrogen-bond donors (Lipinski definition) is 2. The maximum Gasteiger partial charge on any atom is 0.250 e. The summed E-state index contributed by atoms with van der Waals surface area (Å²) < 4.78 is 15.1. The van der Waals surface area contributed by atoms with E-state index in [0.717, 1.165) is 17.5 Å². The molecule has 0 spiro atoms. The van der Waals surface area contributed by atoms with E-state index >= 15 is 0 Å². The molecule has 1 aromatic heterocycles. The van der Waals surface area contributed by atoms with E-state index in [1.807, 2.05) is 18.2 Å². The number of amides is 1. The van der Waals surface area contributed by atoms with Gasteiger partial charge in [0.05, 0.1) is 12.1 Å². The summed E-state index contributed by atoms with van der Waals surface area (Å²) in [5, 5.41) is 10.4. The van der Waals surface area contributed by atoms with Gasteiger partial charge in [-0.05, 0) is 29.7 Å². The van der Waals surface area contributed by atoms with Crippen LogP contribution in [0.1, 0.15) is 36.6 Å². The lowest BCUT2D eigenvalue weighted by atomic mass is 9.93. The van der Waals surface area contributed by atoms with Crippen LogP contribution < -0.4 is 10.6 Å². The summed E-state index contributed by atoms with van der Waals surface area (Å²) in [6, 6.07) is 16.4. The molecule has 3 aromatic rings. The number of halogens is 1. The van der Waals surface area contributed by atoms with E-state index in [-0.39, 0.29) is 29.8 Å². The molecule has 7 heteroatoms. The lowest BCUT2D eigenvalue weighted by molar-refractivity contribution is -0.114. The van der Waals surface area contributed by atoms with Gasteiger partial charge in [0.1, 0.15) is 5.82 Å². The van der Waals surface area contributed by atoms with Crippen molar-refractivity contribution in [3.63, 3.8) is 0 Å². The zero-order valence-corrected chi connectivity index (χ0v) is 14.2. The Kier molecular flexibility index (Phi) is 4.12. The van der Waals surface area contributed by atoms with Crippen molar-refractivity contribution in [2.75, 3.05) is 10.6 Å². The Bertz CT molecular complexity index is 923. The molecule has 26 heavy (non-hydrogen) atoms. The van der Waals surface area contributed by atoms with Gasteiger partial charge in [-0.1, -0.05) is 42.5 Å². The molecule has 1 aliphatic rings.